The van der Waals surface area contributed by atoms with Gasteiger partial charge in [-0.15, -0.1) is 0 Å². The first kappa shape index (κ1) is 15.7. The lowest BCUT2D eigenvalue weighted by molar-refractivity contribution is 0.194. The molecule has 116 valence electrons. The summed E-state index contributed by atoms with van der Waals surface area (Å²) in [7, 11) is -3.90. The molecule has 22 heavy (non-hydrogen) atoms. The number of rotatable bonds is 2. The quantitative estimate of drug-likeness (QED) is 0.618. The number of halogens is 2. The molecule has 0 bridgehead atoms. The van der Waals surface area contributed by atoms with E-state index in [9.17, 15) is 13.5 Å². The normalized spacial score (nSPS) is 21.0. The number of anilines is 1. The highest BCUT2D eigenvalue weighted by Crippen LogP contribution is 2.46. The number of benzene rings is 1. The lowest BCUT2D eigenvalue weighted by Gasteiger charge is -2.24. The summed E-state index contributed by atoms with van der Waals surface area (Å²) in [4.78, 5) is 3.49. The SMILES string of the molecule is Cc1ccc(S(=O)(=O)N2c3cc(Cl)ncc3[C@H](Br)[C@H]2O)cc1. The van der Waals surface area contributed by atoms with E-state index in [4.69, 9.17) is 11.6 Å². The van der Waals surface area contributed by atoms with Crippen LogP contribution < -0.4 is 4.31 Å². The van der Waals surface area contributed by atoms with E-state index >= 15 is 0 Å². The lowest BCUT2D eigenvalue weighted by atomic mass is 10.2. The molecule has 0 amide bonds. The molecule has 8 heteroatoms. The zero-order chi connectivity index (χ0) is 16.1. The number of nitrogens with zero attached hydrogens (tertiary/aromatic N) is 2. The third-order valence-corrected chi connectivity index (χ3v) is 6.46. The Hall–Kier alpha value is -1.15. The molecular weight excluding hydrogens is 392 g/mol. The first-order chi connectivity index (χ1) is 10.3. The smallest absolute Gasteiger partial charge is 0.266 e. The summed E-state index contributed by atoms with van der Waals surface area (Å²) >= 11 is 9.18. The van der Waals surface area contributed by atoms with Gasteiger partial charge in [0.05, 0.1) is 15.4 Å². The second kappa shape index (κ2) is 5.49. The van der Waals surface area contributed by atoms with Crippen molar-refractivity contribution < 1.29 is 13.5 Å². The van der Waals surface area contributed by atoms with E-state index in [-0.39, 0.29) is 10.0 Å². The van der Waals surface area contributed by atoms with Gasteiger partial charge in [-0.1, -0.05) is 45.2 Å². The van der Waals surface area contributed by atoms with Gasteiger partial charge in [0.1, 0.15) is 5.15 Å². The van der Waals surface area contributed by atoms with Crippen molar-refractivity contribution in [3.05, 3.63) is 52.8 Å². The molecule has 1 aliphatic rings. The van der Waals surface area contributed by atoms with Crippen LogP contribution in [0.15, 0.2) is 41.4 Å². The van der Waals surface area contributed by atoms with E-state index in [0.29, 0.717) is 11.3 Å². The highest BCUT2D eigenvalue weighted by Gasteiger charge is 2.43. The van der Waals surface area contributed by atoms with Crippen LogP contribution in [-0.4, -0.2) is 24.7 Å². The monoisotopic (exact) mass is 402 g/mol. The van der Waals surface area contributed by atoms with E-state index in [1.54, 1.807) is 12.1 Å². The Morgan fingerprint density at radius 2 is 1.95 bits per heavy atom. The number of aryl methyl sites for hydroxylation is 1. The molecule has 2 atom stereocenters. The molecule has 0 radical (unpaired) electrons. The zero-order valence-electron chi connectivity index (χ0n) is 11.4. The molecular formula is C14H12BrClN2O3S. The minimum atomic E-state index is -3.90. The molecule has 0 spiro atoms. The fourth-order valence-corrected chi connectivity index (χ4v) is 4.78. The number of aliphatic hydroxyl groups excluding tert-OH is 1. The van der Waals surface area contributed by atoms with Gasteiger partial charge >= 0.3 is 0 Å². The maximum Gasteiger partial charge on any atom is 0.266 e. The molecule has 5 nitrogen and oxygen atoms in total. The molecule has 3 rings (SSSR count). The van der Waals surface area contributed by atoms with Crippen molar-refractivity contribution in [3.8, 4) is 0 Å². The maximum absolute atomic E-state index is 12.9. The molecule has 0 saturated carbocycles. The van der Waals surface area contributed by atoms with Crippen LogP contribution in [0.3, 0.4) is 0 Å². The van der Waals surface area contributed by atoms with Gasteiger partial charge in [0, 0.05) is 17.8 Å². The third kappa shape index (κ3) is 2.42. The van der Waals surface area contributed by atoms with Gasteiger partial charge in [-0.3, -0.25) is 0 Å². The Morgan fingerprint density at radius 3 is 2.59 bits per heavy atom. The van der Waals surface area contributed by atoms with E-state index in [0.717, 1.165) is 9.87 Å². The van der Waals surface area contributed by atoms with Crippen LogP contribution in [0.5, 0.6) is 0 Å². The van der Waals surface area contributed by atoms with E-state index in [1.165, 1.54) is 24.4 Å². The van der Waals surface area contributed by atoms with Crippen molar-refractivity contribution >= 4 is 43.2 Å². The molecule has 1 N–H and O–H groups in total. The Morgan fingerprint density at radius 1 is 1.32 bits per heavy atom. The van der Waals surface area contributed by atoms with Crippen molar-refractivity contribution in [2.45, 2.75) is 22.9 Å². The minimum absolute atomic E-state index is 0.109. The summed E-state index contributed by atoms with van der Waals surface area (Å²) in [6.07, 6.45) is 0.201. The van der Waals surface area contributed by atoms with E-state index in [2.05, 4.69) is 20.9 Å². The molecule has 0 aliphatic carbocycles. The van der Waals surface area contributed by atoms with Crippen LogP contribution in [0.1, 0.15) is 16.0 Å². The van der Waals surface area contributed by atoms with Gasteiger partial charge < -0.3 is 5.11 Å². The van der Waals surface area contributed by atoms with Crippen molar-refractivity contribution in [1.29, 1.82) is 0 Å². The molecule has 1 aromatic heterocycles. The number of aromatic nitrogens is 1. The van der Waals surface area contributed by atoms with Crippen molar-refractivity contribution in [3.63, 3.8) is 0 Å². The summed E-state index contributed by atoms with van der Waals surface area (Å²) in [6, 6.07) is 7.89. The van der Waals surface area contributed by atoms with Crippen LogP contribution in [-0.2, 0) is 10.0 Å². The number of pyridine rings is 1. The number of sulfonamides is 1. The number of alkyl halides is 1. The van der Waals surface area contributed by atoms with Gasteiger partial charge in [0.15, 0.2) is 6.23 Å². The summed E-state index contributed by atoms with van der Waals surface area (Å²) in [5.41, 5.74) is 1.86. The van der Waals surface area contributed by atoms with Crippen molar-refractivity contribution in [2.24, 2.45) is 0 Å². The van der Waals surface area contributed by atoms with Crippen LogP contribution in [0.2, 0.25) is 5.15 Å². The van der Waals surface area contributed by atoms with E-state index < -0.39 is 21.1 Å². The average molecular weight is 404 g/mol. The number of fused-ring (bicyclic) bond motifs is 1. The second-order valence-electron chi connectivity index (χ2n) is 5.00. The molecule has 1 aliphatic heterocycles. The molecule has 0 saturated heterocycles. The summed E-state index contributed by atoms with van der Waals surface area (Å²) in [5, 5.41) is 10.5. The van der Waals surface area contributed by atoms with Gasteiger partial charge in [-0.25, -0.2) is 17.7 Å². The summed E-state index contributed by atoms with van der Waals surface area (Å²) in [5.74, 6) is 0. The molecule has 2 heterocycles. The zero-order valence-corrected chi connectivity index (χ0v) is 14.6. The summed E-state index contributed by atoms with van der Waals surface area (Å²) < 4.78 is 26.7. The Kier molecular flexibility index (Phi) is 3.92. The number of hydrogen-bond donors (Lipinski definition) is 1. The topological polar surface area (TPSA) is 70.5 Å². The van der Waals surface area contributed by atoms with Crippen LogP contribution >= 0.6 is 27.5 Å². The van der Waals surface area contributed by atoms with Gasteiger partial charge in [0.25, 0.3) is 10.0 Å². The van der Waals surface area contributed by atoms with E-state index in [1.807, 2.05) is 6.92 Å². The largest absolute Gasteiger partial charge is 0.371 e. The minimum Gasteiger partial charge on any atom is -0.371 e. The molecule has 0 fully saturated rings. The van der Waals surface area contributed by atoms with Gasteiger partial charge in [-0.2, -0.15) is 0 Å². The fourth-order valence-electron chi connectivity index (χ4n) is 2.35. The van der Waals surface area contributed by atoms with Crippen LogP contribution in [0.4, 0.5) is 5.69 Å². The predicted octanol–water partition coefficient (Wildman–Crippen LogP) is 3.01. The van der Waals surface area contributed by atoms with Gasteiger partial charge in [0.2, 0.25) is 0 Å². The summed E-state index contributed by atoms with van der Waals surface area (Å²) in [6.45, 7) is 1.87. The lowest BCUT2D eigenvalue weighted by Crippen LogP contribution is -2.38. The first-order valence-electron chi connectivity index (χ1n) is 6.41. The van der Waals surface area contributed by atoms with Crippen LogP contribution in [0, 0.1) is 6.92 Å². The average Bonchev–Trinajstić information content (AvgIpc) is 2.71. The standard InChI is InChI=1S/C14H12BrClN2O3S/c1-8-2-4-9(5-3-8)22(20,21)18-11-6-12(16)17-7-10(11)13(15)14(18)19/h2-7,13-14,19H,1H3/t13-,14+/m0/s1. The third-order valence-electron chi connectivity index (χ3n) is 3.49. The molecule has 0 unspecified atom stereocenters. The highest BCUT2D eigenvalue weighted by atomic mass is 79.9. The Labute approximate surface area is 141 Å². The van der Waals surface area contributed by atoms with Crippen molar-refractivity contribution in [2.75, 3.05) is 4.31 Å². The second-order valence-corrected chi connectivity index (χ2v) is 8.18. The number of aliphatic hydroxyl groups is 1. The highest BCUT2D eigenvalue weighted by molar-refractivity contribution is 9.09. The molecule has 1 aromatic carbocycles. The molecule has 2 aromatic rings. The van der Waals surface area contributed by atoms with Crippen LogP contribution in [0.25, 0.3) is 0 Å². The Bertz CT molecular complexity index is 826. The van der Waals surface area contributed by atoms with Gasteiger partial charge in [-0.05, 0) is 19.1 Å². The first-order valence-corrected chi connectivity index (χ1v) is 9.14. The maximum atomic E-state index is 12.9. The van der Waals surface area contributed by atoms with Crippen molar-refractivity contribution in [1.82, 2.24) is 4.98 Å². The predicted molar refractivity (Wildman–Crippen MR) is 87.8 cm³/mol. The Balaban J connectivity index is 2.15. The number of hydrogen-bond acceptors (Lipinski definition) is 4. The fraction of sp³-hybridized carbons (Fsp3) is 0.214.